The van der Waals surface area contributed by atoms with Gasteiger partial charge in [0.1, 0.15) is 6.04 Å². The number of amides is 1. The molecule has 1 aliphatic rings. The highest BCUT2D eigenvalue weighted by Crippen LogP contribution is 2.05. The van der Waals surface area contributed by atoms with Crippen LogP contribution in [-0.2, 0) is 4.79 Å². The number of aliphatic hydroxyl groups excluding tert-OH is 1. The third-order valence-electron chi connectivity index (χ3n) is 2.35. The highest BCUT2D eigenvalue weighted by molar-refractivity contribution is 5.82. The maximum atomic E-state index is 11.4. The Kier molecular flexibility index (Phi) is 4.18. The topological polar surface area (TPSA) is 52.6 Å². The number of hydrogen-bond donors (Lipinski definition) is 2. The summed E-state index contributed by atoms with van der Waals surface area (Å²) in [6.07, 6.45) is 1.99. The van der Waals surface area contributed by atoms with Crippen molar-refractivity contribution in [1.29, 1.82) is 0 Å². The van der Waals surface area contributed by atoms with E-state index in [9.17, 15) is 4.79 Å². The first-order chi connectivity index (χ1) is 6.29. The minimum atomic E-state index is -0.331. The largest absolute Gasteiger partial charge is 0.394 e. The lowest BCUT2D eigenvalue weighted by Gasteiger charge is -2.25. The molecule has 4 heteroatoms. The summed E-state index contributed by atoms with van der Waals surface area (Å²) in [4.78, 5) is 13.5. The Morgan fingerprint density at radius 2 is 2.46 bits per heavy atom. The van der Waals surface area contributed by atoms with E-state index in [-0.39, 0.29) is 18.6 Å². The normalized spacial score (nSPS) is 25.4. The molecule has 4 nitrogen and oxygen atoms in total. The van der Waals surface area contributed by atoms with Crippen molar-refractivity contribution in [3.8, 4) is 0 Å². The minimum Gasteiger partial charge on any atom is -0.394 e. The Balaban J connectivity index is 2.59. The summed E-state index contributed by atoms with van der Waals surface area (Å²) in [6.45, 7) is 4.52. The number of carbonyl (C=O) groups is 1. The van der Waals surface area contributed by atoms with Gasteiger partial charge in [0.2, 0.25) is 5.91 Å². The Morgan fingerprint density at radius 1 is 1.69 bits per heavy atom. The maximum Gasteiger partial charge on any atom is 0.239 e. The molecule has 1 rings (SSSR count). The Labute approximate surface area is 78.9 Å². The fourth-order valence-electron chi connectivity index (χ4n) is 1.69. The van der Waals surface area contributed by atoms with Crippen molar-refractivity contribution in [3.63, 3.8) is 0 Å². The molecule has 0 aromatic rings. The zero-order valence-electron chi connectivity index (χ0n) is 8.12. The molecule has 0 aromatic heterocycles. The minimum absolute atomic E-state index is 0.0338. The third kappa shape index (κ3) is 2.67. The first kappa shape index (κ1) is 10.5. The summed E-state index contributed by atoms with van der Waals surface area (Å²) in [5, 5.41) is 11.9. The standard InChI is InChI=1S/C9H18N2O2/c1-2-5-11-6-3-4-10-9(13)8(11)7-12/h8,12H,2-7H2,1H3,(H,10,13). The highest BCUT2D eigenvalue weighted by Gasteiger charge is 2.26. The van der Waals surface area contributed by atoms with Gasteiger partial charge in [-0.2, -0.15) is 0 Å². The van der Waals surface area contributed by atoms with Crippen LogP contribution in [0.2, 0.25) is 0 Å². The van der Waals surface area contributed by atoms with Crippen molar-refractivity contribution in [1.82, 2.24) is 10.2 Å². The van der Waals surface area contributed by atoms with Crippen LogP contribution in [0.5, 0.6) is 0 Å². The molecule has 0 spiro atoms. The van der Waals surface area contributed by atoms with Crippen LogP contribution < -0.4 is 5.32 Å². The molecular formula is C9H18N2O2. The molecule has 1 atom stereocenters. The molecule has 2 N–H and O–H groups in total. The molecule has 0 radical (unpaired) electrons. The van der Waals surface area contributed by atoms with Crippen LogP contribution in [0.15, 0.2) is 0 Å². The van der Waals surface area contributed by atoms with E-state index >= 15 is 0 Å². The van der Waals surface area contributed by atoms with Crippen LogP contribution in [0, 0.1) is 0 Å². The SMILES string of the molecule is CCCN1CCCNC(=O)C1CO. The molecular weight excluding hydrogens is 168 g/mol. The van der Waals surface area contributed by atoms with Crippen molar-refractivity contribution >= 4 is 5.91 Å². The first-order valence-corrected chi connectivity index (χ1v) is 4.92. The summed E-state index contributed by atoms with van der Waals surface area (Å²) in [6, 6.07) is -0.331. The van der Waals surface area contributed by atoms with Crippen LogP contribution in [-0.4, -0.2) is 48.2 Å². The average Bonchev–Trinajstić information content (AvgIpc) is 2.28. The second-order valence-electron chi connectivity index (χ2n) is 3.38. The van der Waals surface area contributed by atoms with Crippen molar-refractivity contribution in [2.45, 2.75) is 25.8 Å². The van der Waals surface area contributed by atoms with Gasteiger partial charge in [-0.15, -0.1) is 0 Å². The van der Waals surface area contributed by atoms with Crippen LogP contribution in [0.25, 0.3) is 0 Å². The Bertz CT molecular complexity index is 173. The van der Waals surface area contributed by atoms with E-state index in [1.807, 2.05) is 0 Å². The zero-order chi connectivity index (χ0) is 9.68. The Hall–Kier alpha value is -0.610. The summed E-state index contributed by atoms with van der Waals surface area (Å²) < 4.78 is 0. The van der Waals surface area contributed by atoms with E-state index in [2.05, 4.69) is 17.1 Å². The molecule has 0 aliphatic carbocycles. The summed E-state index contributed by atoms with van der Waals surface area (Å²) in [7, 11) is 0. The quantitative estimate of drug-likeness (QED) is 0.629. The van der Waals surface area contributed by atoms with Gasteiger partial charge in [0.15, 0.2) is 0 Å². The number of carbonyl (C=O) groups excluding carboxylic acids is 1. The van der Waals surface area contributed by atoms with Gasteiger partial charge in [-0.25, -0.2) is 0 Å². The summed E-state index contributed by atoms with van der Waals surface area (Å²) >= 11 is 0. The van der Waals surface area contributed by atoms with Gasteiger partial charge in [-0.05, 0) is 19.4 Å². The highest BCUT2D eigenvalue weighted by atomic mass is 16.3. The molecule has 0 bridgehead atoms. The number of hydrogen-bond acceptors (Lipinski definition) is 3. The predicted octanol–water partition coefficient (Wildman–Crippen LogP) is -0.421. The van der Waals surface area contributed by atoms with E-state index in [0.717, 1.165) is 32.5 Å². The summed E-state index contributed by atoms with van der Waals surface area (Å²) in [5.41, 5.74) is 0. The van der Waals surface area contributed by atoms with E-state index in [4.69, 9.17) is 5.11 Å². The lowest BCUT2D eigenvalue weighted by atomic mass is 10.2. The number of nitrogens with zero attached hydrogens (tertiary/aromatic N) is 1. The van der Waals surface area contributed by atoms with Gasteiger partial charge in [-0.1, -0.05) is 6.92 Å². The molecule has 0 aromatic carbocycles. The van der Waals surface area contributed by atoms with Crippen molar-refractivity contribution in [2.24, 2.45) is 0 Å². The average molecular weight is 186 g/mol. The van der Waals surface area contributed by atoms with Crippen molar-refractivity contribution in [3.05, 3.63) is 0 Å². The molecule has 1 amide bonds. The van der Waals surface area contributed by atoms with Gasteiger partial charge >= 0.3 is 0 Å². The van der Waals surface area contributed by atoms with Gasteiger partial charge in [0, 0.05) is 13.1 Å². The van der Waals surface area contributed by atoms with Crippen LogP contribution in [0.4, 0.5) is 0 Å². The molecule has 13 heavy (non-hydrogen) atoms. The molecule has 1 unspecified atom stereocenters. The Morgan fingerprint density at radius 3 is 3.08 bits per heavy atom. The zero-order valence-corrected chi connectivity index (χ0v) is 8.12. The lowest BCUT2D eigenvalue weighted by Crippen LogP contribution is -2.46. The van der Waals surface area contributed by atoms with Crippen LogP contribution in [0.1, 0.15) is 19.8 Å². The lowest BCUT2D eigenvalue weighted by molar-refractivity contribution is -0.126. The fraction of sp³-hybridized carbons (Fsp3) is 0.889. The van der Waals surface area contributed by atoms with Gasteiger partial charge in [0.25, 0.3) is 0 Å². The van der Waals surface area contributed by atoms with Gasteiger partial charge in [0.05, 0.1) is 6.61 Å². The molecule has 1 aliphatic heterocycles. The predicted molar refractivity (Wildman–Crippen MR) is 50.4 cm³/mol. The van der Waals surface area contributed by atoms with Crippen LogP contribution in [0.3, 0.4) is 0 Å². The monoisotopic (exact) mass is 186 g/mol. The fourth-order valence-corrected chi connectivity index (χ4v) is 1.69. The molecule has 76 valence electrons. The number of rotatable bonds is 3. The smallest absolute Gasteiger partial charge is 0.239 e. The van der Waals surface area contributed by atoms with Gasteiger partial charge < -0.3 is 10.4 Å². The molecule has 1 fully saturated rings. The third-order valence-corrected chi connectivity index (χ3v) is 2.35. The van der Waals surface area contributed by atoms with Crippen LogP contribution >= 0.6 is 0 Å². The van der Waals surface area contributed by atoms with Crippen molar-refractivity contribution < 1.29 is 9.90 Å². The first-order valence-electron chi connectivity index (χ1n) is 4.92. The van der Waals surface area contributed by atoms with E-state index in [1.165, 1.54) is 0 Å². The van der Waals surface area contributed by atoms with E-state index in [1.54, 1.807) is 0 Å². The second kappa shape index (κ2) is 5.19. The maximum absolute atomic E-state index is 11.4. The second-order valence-corrected chi connectivity index (χ2v) is 3.38. The molecule has 1 heterocycles. The molecule has 1 saturated heterocycles. The number of aliphatic hydroxyl groups is 1. The van der Waals surface area contributed by atoms with E-state index < -0.39 is 0 Å². The molecule has 0 saturated carbocycles. The summed E-state index contributed by atoms with van der Waals surface area (Å²) in [5.74, 6) is -0.0338. The van der Waals surface area contributed by atoms with E-state index in [0.29, 0.717) is 0 Å². The van der Waals surface area contributed by atoms with Crippen molar-refractivity contribution in [2.75, 3.05) is 26.2 Å². The van der Waals surface area contributed by atoms with Gasteiger partial charge in [-0.3, -0.25) is 9.69 Å². The number of nitrogens with one attached hydrogen (secondary N) is 1.